The number of benzene rings is 2. The molecule has 0 radical (unpaired) electrons. The normalized spacial score (nSPS) is 12.5. The molecule has 0 saturated carbocycles. The minimum absolute atomic E-state index is 0.0315. The van der Waals surface area contributed by atoms with Gasteiger partial charge in [0.15, 0.2) is 0 Å². The fourth-order valence-electron chi connectivity index (χ4n) is 4.09. The quantitative estimate of drug-likeness (QED) is 0.358. The van der Waals surface area contributed by atoms with Gasteiger partial charge in [-0.2, -0.15) is 13.2 Å². The predicted octanol–water partition coefficient (Wildman–Crippen LogP) is 4.59. The third-order valence-electron chi connectivity index (χ3n) is 6.04. The van der Waals surface area contributed by atoms with Crippen LogP contribution in [0.15, 0.2) is 48.5 Å². The topological polar surface area (TPSA) is 96.0 Å². The lowest BCUT2D eigenvalue weighted by Crippen LogP contribution is -2.49. The molecule has 0 heterocycles. The van der Waals surface area contributed by atoms with E-state index in [1.807, 2.05) is 6.92 Å². The van der Waals surface area contributed by atoms with E-state index in [9.17, 15) is 31.2 Å². The van der Waals surface area contributed by atoms with Crippen molar-refractivity contribution in [3.63, 3.8) is 0 Å². The van der Waals surface area contributed by atoms with Gasteiger partial charge >= 0.3 is 6.18 Å². The predicted molar refractivity (Wildman–Crippen MR) is 144 cm³/mol. The molecule has 0 saturated heterocycles. The van der Waals surface area contributed by atoms with Crippen LogP contribution in [0.2, 0.25) is 0 Å². The van der Waals surface area contributed by atoms with Crippen LogP contribution in [0.25, 0.3) is 0 Å². The lowest BCUT2D eigenvalue weighted by Gasteiger charge is -2.31. The van der Waals surface area contributed by atoms with E-state index >= 15 is 0 Å². The van der Waals surface area contributed by atoms with Gasteiger partial charge in [0.25, 0.3) is 0 Å². The maximum Gasteiger partial charge on any atom is 0.416 e. The molecule has 2 amide bonds. The number of carbonyl (C=O) groups excluding carboxylic acids is 2. The SMILES string of the molecule is CCCNC(=O)[C@@H](CC)N(Cc1cccc(OC)c1)C(=O)CCCN(c1cccc(C(F)(F)F)c1)S(C)(=O)=O. The van der Waals surface area contributed by atoms with Gasteiger partial charge in [0.05, 0.1) is 24.6 Å². The highest BCUT2D eigenvalue weighted by atomic mass is 32.2. The van der Waals surface area contributed by atoms with Gasteiger partial charge in [-0.15, -0.1) is 0 Å². The van der Waals surface area contributed by atoms with E-state index in [1.54, 1.807) is 31.2 Å². The molecule has 0 aliphatic rings. The molecule has 0 spiro atoms. The molecule has 12 heteroatoms. The molecule has 1 atom stereocenters. The highest BCUT2D eigenvalue weighted by Gasteiger charge is 2.32. The highest BCUT2D eigenvalue weighted by molar-refractivity contribution is 7.92. The van der Waals surface area contributed by atoms with Crippen molar-refractivity contribution >= 4 is 27.5 Å². The van der Waals surface area contributed by atoms with Gasteiger partial charge in [0, 0.05) is 26.1 Å². The molecular formula is C27H36F3N3O5S. The van der Waals surface area contributed by atoms with Crippen molar-refractivity contribution < 1.29 is 35.9 Å². The van der Waals surface area contributed by atoms with Crippen LogP contribution in [-0.2, 0) is 32.3 Å². The second kappa shape index (κ2) is 14.2. The maximum atomic E-state index is 13.4. The molecule has 0 aliphatic heterocycles. The summed E-state index contributed by atoms with van der Waals surface area (Å²) in [5, 5.41) is 2.82. The Morgan fingerprint density at radius 2 is 1.77 bits per heavy atom. The van der Waals surface area contributed by atoms with E-state index in [-0.39, 0.29) is 43.4 Å². The van der Waals surface area contributed by atoms with Crippen LogP contribution in [0.3, 0.4) is 0 Å². The minimum Gasteiger partial charge on any atom is -0.497 e. The van der Waals surface area contributed by atoms with Crippen molar-refractivity contribution in [1.29, 1.82) is 0 Å². The number of nitrogens with zero attached hydrogens (tertiary/aromatic N) is 2. The monoisotopic (exact) mass is 571 g/mol. The standard InChI is InChI=1S/C27H36F3N3O5S/c1-5-15-31-26(35)24(6-2)32(19-20-10-7-13-23(17-20)38-3)25(34)14-9-16-33(39(4,36)37)22-12-8-11-21(18-22)27(28,29)30/h7-8,10-13,17-18,24H,5-6,9,14-16,19H2,1-4H3,(H,31,35)/t24-/m1/s1. The Labute approximate surface area is 228 Å². The molecule has 1 N–H and O–H groups in total. The van der Waals surface area contributed by atoms with Crippen LogP contribution in [0.5, 0.6) is 5.75 Å². The Hall–Kier alpha value is -3.28. The molecule has 2 aromatic rings. The number of methoxy groups -OCH3 is 1. The van der Waals surface area contributed by atoms with Gasteiger partial charge in [-0.1, -0.05) is 32.0 Å². The summed E-state index contributed by atoms with van der Waals surface area (Å²) in [5.41, 5.74) is -0.373. The number of ether oxygens (including phenoxy) is 1. The molecule has 2 aromatic carbocycles. The highest BCUT2D eigenvalue weighted by Crippen LogP contribution is 2.32. The van der Waals surface area contributed by atoms with Gasteiger partial charge in [-0.05, 0) is 55.2 Å². The maximum absolute atomic E-state index is 13.4. The van der Waals surface area contributed by atoms with Crippen LogP contribution in [0.1, 0.15) is 50.7 Å². The lowest BCUT2D eigenvalue weighted by atomic mass is 10.1. The Kier molecular flexibility index (Phi) is 11.6. The summed E-state index contributed by atoms with van der Waals surface area (Å²) in [6.45, 7) is 4.07. The average Bonchev–Trinajstić information content (AvgIpc) is 2.88. The zero-order chi connectivity index (χ0) is 29.2. The fraction of sp³-hybridized carbons (Fsp3) is 0.481. The molecule has 0 aromatic heterocycles. The molecule has 39 heavy (non-hydrogen) atoms. The summed E-state index contributed by atoms with van der Waals surface area (Å²) in [6, 6.07) is 10.4. The summed E-state index contributed by atoms with van der Waals surface area (Å²) < 4.78 is 70.6. The van der Waals surface area contributed by atoms with Crippen LogP contribution in [-0.4, -0.2) is 57.6 Å². The number of amides is 2. The van der Waals surface area contributed by atoms with E-state index < -0.39 is 27.8 Å². The summed E-state index contributed by atoms with van der Waals surface area (Å²) in [6.07, 6.45) is -2.75. The Morgan fingerprint density at radius 3 is 2.36 bits per heavy atom. The molecule has 8 nitrogen and oxygen atoms in total. The van der Waals surface area contributed by atoms with E-state index in [4.69, 9.17) is 4.74 Å². The van der Waals surface area contributed by atoms with E-state index in [0.717, 1.165) is 40.7 Å². The first-order chi connectivity index (χ1) is 18.3. The number of hydrogen-bond donors (Lipinski definition) is 1. The summed E-state index contributed by atoms with van der Waals surface area (Å²) >= 11 is 0. The number of alkyl halides is 3. The first-order valence-electron chi connectivity index (χ1n) is 12.7. The van der Waals surface area contributed by atoms with Gasteiger partial charge in [-0.3, -0.25) is 13.9 Å². The number of nitrogens with one attached hydrogen (secondary N) is 1. The van der Waals surface area contributed by atoms with Crippen molar-refractivity contribution in [2.24, 2.45) is 0 Å². The first kappa shape index (κ1) is 31.9. The second-order valence-electron chi connectivity index (χ2n) is 9.08. The van der Waals surface area contributed by atoms with Crippen molar-refractivity contribution in [2.75, 3.05) is 30.8 Å². The molecule has 0 aliphatic carbocycles. The van der Waals surface area contributed by atoms with Gasteiger partial charge in [-0.25, -0.2) is 8.42 Å². The molecule has 2 rings (SSSR count). The third kappa shape index (κ3) is 9.45. The van der Waals surface area contributed by atoms with Crippen molar-refractivity contribution in [3.8, 4) is 5.75 Å². The fourth-order valence-corrected chi connectivity index (χ4v) is 5.05. The van der Waals surface area contributed by atoms with E-state index in [0.29, 0.717) is 18.7 Å². The van der Waals surface area contributed by atoms with Crippen molar-refractivity contribution in [2.45, 2.75) is 58.3 Å². The lowest BCUT2D eigenvalue weighted by molar-refractivity contribution is -0.141. The minimum atomic E-state index is -4.64. The first-order valence-corrected chi connectivity index (χ1v) is 14.5. The Bertz CT molecular complexity index is 1220. The van der Waals surface area contributed by atoms with Crippen molar-refractivity contribution in [3.05, 3.63) is 59.7 Å². The van der Waals surface area contributed by atoms with E-state index in [1.165, 1.54) is 18.1 Å². The average molecular weight is 572 g/mol. The number of anilines is 1. The summed E-state index contributed by atoms with van der Waals surface area (Å²) in [4.78, 5) is 27.8. The van der Waals surface area contributed by atoms with Gasteiger partial charge in [0.1, 0.15) is 11.8 Å². The second-order valence-corrected chi connectivity index (χ2v) is 11.0. The number of carbonyl (C=O) groups is 2. The smallest absolute Gasteiger partial charge is 0.416 e. The molecule has 0 fully saturated rings. The van der Waals surface area contributed by atoms with Crippen LogP contribution < -0.4 is 14.4 Å². The van der Waals surface area contributed by atoms with Gasteiger partial charge in [0.2, 0.25) is 21.8 Å². The van der Waals surface area contributed by atoms with Gasteiger partial charge < -0.3 is 15.0 Å². The zero-order valence-corrected chi connectivity index (χ0v) is 23.4. The molecule has 216 valence electrons. The zero-order valence-electron chi connectivity index (χ0n) is 22.6. The van der Waals surface area contributed by atoms with Crippen LogP contribution in [0.4, 0.5) is 18.9 Å². The van der Waals surface area contributed by atoms with Crippen LogP contribution in [0, 0.1) is 0 Å². The summed E-state index contributed by atoms with van der Waals surface area (Å²) in [7, 11) is -2.42. The Balaban J connectivity index is 2.26. The number of hydrogen-bond acceptors (Lipinski definition) is 5. The number of rotatable bonds is 14. The molecular weight excluding hydrogens is 535 g/mol. The number of sulfonamides is 1. The molecule has 0 bridgehead atoms. The number of halogens is 3. The molecule has 0 unspecified atom stereocenters. The summed E-state index contributed by atoms with van der Waals surface area (Å²) in [5.74, 6) is -0.0839. The Morgan fingerprint density at radius 1 is 1.08 bits per heavy atom. The van der Waals surface area contributed by atoms with E-state index in [2.05, 4.69) is 5.32 Å². The largest absolute Gasteiger partial charge is 0.497 e. The third-order valence-corrected chi connectivity index (χ3v) is 7.23. The van der Waals surface area contributed by atoms with Crippen LogP contribution >= 0.6 is 0 Å². The van der Waals surface area contributed by atoms with Crippen molar-refractivity contribution in [1.82, 2.24) is 10.2 Å².